The van der Waals surface area contributed by atoms with Crippen molar-refractivity contribution in [2.24, 2.45) is 52.8 Å². The summed E-state index contributed by atoms with van der Waals surface area (Å²) >= 11 is 0. The van der Waals surface area contributed by atoms with Gasteiger partial charge in [0.1, 0.15) is 29.6 Å². The van der Waals surface area contributed by atoms with Gasteiger partial charge in [0.2, 0.25) is 11.7 Å². The summed E-state index contributed by atoms with van der Waals surface area (Å²) in [6.07, 6.45) is 1.51. The second kappa shape index (κ2) is 27.1. The summed E-state index contributed by atoms with van der Waals surface area (Å²) < 4.78 is 71.9. The van der Waals surface area contributed by atoms with Crippen LogP contribution in [0.2, 0.25) is 0 Å². The quantitative estimate of drug-likeness (QED) is 0.0556. The molecule has 500 valence electrons. The van der Waals surface area contributed by atoms with Crippen LogP contribution < -0.4 is 5.32 Å². The van der Waals surface area contributed by atoms with Gasteiger partial charge in [0.25, 0.3) is 0 Å². The molecule has 6 aliphatic heterocycles. The molecule has 2 bridgehead atoms. The van der Waals surface area contributed by atoms with E-state index in [0.717, 1.165) is 24.0 Å². The summed E-state index contributed by atoms with van der Waals surface area (Å²) in [6, 6.07) is -0.685. The molecule has 10 rings (SSSR count). The number of carbonyl (C=O) groups excluding carboxylic acids is 3. The van der Waals surface area contributed by atoms with Gasteiger partial charge in [0, 0.05) is 74.5 Å². The number of ether oxygens (including phenoxy) is 11. The third kappa shape index (κ3) is 13.6. The molecule has 6 saturated heterocycles. The number of carbonyl (C=O) groups is 3. The smallest absolute Gasteiger partial charge is 0.346 e. The van der Waals surface area contributed by atoms with Crippen molar-refractivity contribution in [1.29, 1.82) is 0 Å². The molecular weight excluding hydrogens is 1150 g/mol. The van der Waals surface area contributed by atoms with Gasteiger partial charge in [-0.1, -0.05) is 83.1 Å². The Morgan fingerprint density at radius 2 is 1.28 bits per heavy atom. The first-order valence-corrected chi connectivity index (χ1v) is 33.2. The molecule has 0 aromatic rings. The van der Waals surface area contributed by atoms with Crippen molar-refractivity contribution >= 4 is 17.7 Å². The van der Waals surface area contributed by atoms with Gasteiger partial charge in [-0.15, -0.1) is 0 Å². The minimum Gasteiger partial charge on any atom is -0.511 e. The molecule has 0 aromatic heterocycles. The fraction of sp³-hybridized carbons (Fsp3) is 0.809. The summed E-state index contributed by atoms with van der Waals surface area (Å²) in [5, 5.41) is 71.5. The van der Waals surface area contributed by atoms with E-state index < -0.39 is 169 Å². The molecule has 1 amide bonds. The van der Waals surface area contributed by atoms with E-state index in [-0.39, 0.29) is 78.9 Å². The van der Waals surface area contributed by atoms with Crippen LogP contribution in [0.25, 0.3) is 0 Å². The van der Waals surface area contributed by atoms with Gasteiger partial charge in [-0.05, 0) is 104 Å². The number of amides is 1. The molecule has 7 fully saturated rings. The molecule has 7 N–H and O–H groups in total. The summed E-state index contributed by atoms with van der Waals surface area (Å²) in [6.45, 7) is 26.3. The predicted molar refractivity (Wildman–Crippen MR) is 322 cm³/mol. The number of fused-ring (bicyclic) bond motifs is 4. The van der Waals surface area contributed by atoms with Crippen LogP contribution in [0.15, 0.2) is 58.9 Å². The Morgan fingerprint density at radius 3 is 1.93 bits per heavy atom. The van der Waals surface area contributed by atoms with Gasteiger partial charge in [-0.3, -0.25) is 9.59 Å². The zero-order valence-corrected chi connectivity index (χ0v) is 54.6. The van der Waals surface area contributed by atoms with E-state index in [1.54, 1.807) is 27.7 Å². The lowest BCUT2D eigenvalue weighted by Gasteiger charge is -2.57. The molecule has 21 heteroatoms. The highest BCUT2D eigenvalue weighted by Crippen LogP contribution is 2.61. The summed E-state index contributed by atoms with van der Waals surface area (Å²) in [4.78, 5) is 42.8. The first-order chi connectivity index (χ1) is 41.9. The normalized spacial score (nSPS) is 51.6. The number of allylic oxidation sites excluding steroid dienone is 4. The number of rotatable bonds is 13. The van der Waals surface area contributed by atoms with E-state index in [1.165, 1.54) is 6.92 Å². The van der Waals surface area contributed by atoms with Crippen molar-refractivity contribution in [3.05, 3.63) is 58.9 Å². The zero-order valence-electron chi connectivity index (χ0n) is 54.6. The largest absolute Gasteiger partial charge is 0.511 e. The number of aliphatic hydroxyl groups excluding tert-OH is 5. The Kier molecular flexibility index (Phi) is 20.8. The van der Waals surface area contributed by atoms with Crippen molar-refractivity contribution < 1.29 is 97.1 Å². The minimum absolute atomic E-state index is 0.0322. The maximum Gasteiger partial charge on any atom is 0.346 e. The van der Waals surface area contributed by atoms with Crippen LogP contribution in [0.3, 0.4) is 0 Å². The molecule has 89 heavy (non-hydrogen) atoms. The van der Waals surface area contributed by atoms with Crippen molar-refractivity contribution in [2.45, 2.75) is 295 Å². The van der Waals surface area contributed by atoms with Crippen LogP contribution in [0, 0.1) is 52.8 Å². The van der Waals surface area contributed by atoms with E-state index in [1.807, 2.05) is 46.8 Å². The molecule has 21 nitrogen and oxygen atoms in total. The molecule has 6 heterocycles. The van der Waals surface area contributed by atoms with E-state index in [0.29, 0.717) is 19.3 Å². The van der Waals surface area contributed by atoms with Crippen LogP contribution in [0.4, 0.5) is 0 Å². The monoisotopic (exact) mass is 1250 g/mol. The van der Waals surface area contributed by atoms with E-state index in [2.05, 4.69) is 57.3 Å². The Bertz CT molecular complexity index is 2690. The summed E-state index contributed by atoms with van der Waals surface area (Å²) in [5.74, 6) is -4.57. The first kappa shape index (κ1) is 68.4. The molecule has 4 aliphatic carbocycles. The van der Waals surface area contributed by atoms with Gasteiger partial charge in [-0.2, -0.15) is 0 Å². The van der Waals surface area contributed by atoms with Crippen LogP contribution in [-0.2, 0) is 66.5 Å². The average molecular weight is 1250 g/mol. The molecule has 1 spiro atoms. The zero-order chi connectivity index (χ0) is 64.5. The van der Waals surface area contributed by atoms with Crippen LogP contribution in [0.1, 0.15) is 161 Å². The van der Waals surface area contributed by atoms with Crippen LogP contribution in [0.5, 0.6) is 0 Å². The van der Waals surface area contributed by atoms with Crippen molar-refractivity contribution in [1.82, 2.24) is 5.32 Å². The van der Waals surface area contributed by atoms with Gasteiger partial charge >= 0.3 is 5.97 Å². The maximum atomic E-state index is 15.7. The fourth-order valence-corrected chi connectivity index (χ4v) is 17.3. The predicted octanol–water partition coefficient (Wildman–Crippen LogP) is 6.99. The lowest BCUT2D eigenvalue weighted by Crippen LogP contribution is -2.62. The van der Waals surface area contributed by atoms with Gasteiger partial charge in [0.15, 0.2) is 37.1 Å². The van der Waals surface area contributed by atoms with Crippen molar-refractivity contribution in [3.8, 4) is 0 Å². The molecule has 31 atom stereocenters. The number of ketones is 1. The van der Waals surface area contributed by atoms with Gasteiger partial charge in [0.05, 0.1) is 78.8 Å². The number of hydrogen-bond donors (Lipinski definition) is 7. The summed E-state index contributed by atoms with van der Waals surface area (Å²) in [5.41, 5.74) is -3.01. The maximum absolute atomic E-state index is 15.7. The first-order valence-electron chi connectivity index (χ1n) is 33.2. The SMILES string of the molecule is CCCC1C=CC2/C=C(\C)C(OC3CC(C)(O)C(NC(C)=O)C(C)O3)C(C)/C=C(\C)C3C=CC4C(OC5CC(O)C(OC6CC(OC7CCC(O)C(C)O7)C(OC7CC(O)C(O)C(C)O7)C(C)O6)C(C)O5)C(C)CC(C)C4C3(C)/C(O)=C3/C(=O)OC2(C1)C3=O. The second-order valence-electron chi connectivity index (χ2n) is 28.7. The number of Topliss-reactive ketones (excluding diaryl/α,β-unsaturated/α-hetero) is 1. The third-order valence-electron chi connectivity index (χ3n) is 21.7. The third-order valence-corrected chi connectivity index (χ3v) is 21.7. The minimum atomic E-state index is -1.65. The standard InChI is InChI=1S/C68H103NO20/c1-15-16-42-17-18-43-25-35(6)58(88-54-30-66(13,78)62(40(11)83-54)69-41(12)70)33(4)23-31(2)45-20-19-44-56(67(45,14)63(75)55-64(76)68(43,29-42)89-65(55)77)32(3)24-34(5)59(44)85-52-27-48(73)60(38(9)81-52)86-53-28-49(84-50-22-21-46(71)36(7)79-50)61(39(10)82-53)87-51-26-47(72)57(74)37(8)80-51/h17-20,23,25,32-34,36-40,42-54,56-62,71-75,78H,15-16,21-22,24,26-30H2,1-14H3,(H,69,70)/b31-23+,35-25+,63-55-. The Balaban J connectivity index is 0.918. The average Bonchev–Trinajstić information content (AvgIpc) is 1.70. The van der Waals surface area contributed by atoms with Gasteiger partial charge in [-0.25, -0.2) is 4.79 Å². The molecule has 31 unspecified atom stereocenters. The van der Waals surface area contributed by atoms with Crippen molar-refractivity contribution in [3.63, 3.8) is 0 Å². The number of aliphatic hydroxyl groups is 6. The number of nitrogens with one attached hydrogen (secondary N) is 1. The highest BCUT2D eigenvalue weighted by Gasteiger charge is 2.64. The molecule has 10 aliphatic rings. The van der Waals surface area contributed by atoms with Gasteiger partial charge < -0.3 is 88.1 Å². The topological polar surface area (TPSA) is 286 Å². The van der Waals surface area contributed by atoms with E-state index in [4.69, 9.17) is 52.1 Å². The molecule has 0 aromatic carbocycles. The lowest BCUT2D eigenvalue weighted by molar-refractivity contribution is -0.352. The Labute approximate surface area is 525 Å². The fourth-order valence-electron chi connectivity index (χ4n) is 17.3. The lowest BCUT2D eigenvalue weighted by atomic mass is 9.49. The second-order valence-corrected chi connectivity index (χ2v) is 28.7. The van der Waals surface area contributed by atoms with Crippen LogP contribution >= 0.6 is 0 Å². The highest BCUT2D eigenvalue weighted by atomic mass is 16.8. The molecular formula is C68H103NO20. The summed E-state index contributed by atoms with van der Waals surface area (Å²) in [7, 11) is 0. The highest BCUT2D eigenvalue weighted by molar-refractivity contribution is 6.26. The molecule has 0 radical (unpaired) electrons. The van der Waals surface area contributed by atoms with Crippen molar-refractivity contribution in [2.75, 3.05) is 0 Å². The van der Waals surface area contributed by atoms with E-state index >= 15 is 4.79 Å². The van der Waals surface area contributed by atoms with E-state index in [9.17, 15) is 40.2 Å². The Hall–Kier alpha value is -3.49. The number of hydrogen-bond acceptors (Lipinski definition) is 20. The van der Waals surface area contributed by atoms with Crippen LogP contribution in [-0.4, -0.2) is 182 Å². The number of esters is 1. The molecule has 1 saturated carbocycles. The Morgan fingerprint density at radius 1 is 0.652 bits per heavy atom.